The van der Waals surface area contributed by atoms with E-state index >= 15 is 0 Å². The molecule has 1 saturated carbocycles. The monoisotopic (exact) mass is 242 g/mol. The van der Waals surface area contributed by atoms with Gasteiger partial charge in [-0.2, -0.15) is 11.8 Å². The minimum Gasteiger partial charge on any atom is -0.311 e. The van der Waals surface area contributed by atoms with Crippen molar-refractivity contribution in [1.82, 2.24) is 10.3 Å². The van der Waals surface area contributed by atoms with Gasteiger partial charge in [0, 0.05) is 30.2 Å². The Balaban J connectivity index is 1.81. The summed E-state index contributed by atoms with van der Waals surface area (Å²) in [6.45, 7) is 1.91. The topological polar surface area (TPSA) is 24.9 Å². The highest BCUT2D eigenvalue weighted by Crippen LogP contribution is 2.46. The van der Waals surface area contributed by atoms with Crippen molar-refractivity contribution in [2.75, 3.05) is 12.8 Å². The van der Waals surface area contributed by atoms with Crippen LogP contribution in [0, 0.1) is 0 Å². The molecule has 1 fully saturated rings. The van der Waals surface area contributed by atoms with E-state index in [1.807, 2.05) is 17.8 Å². The van der Waals surface area contributed by atoms with Crippen LogP contribution in [0.1, 0.15) is 18.4 Å². The number of hydrogen-bond acceptors (Lipinski definition) is 3. The molecule has 1 heterocycles. The predicted molar refractivity (Wildman–Crippen MR) is 66.4 cm³/mol. The molecule has 0 spiro atoms. The first-order chi connectivity index (χ1) is 7.26. The van der Waals surface area contributed by atoms with Gasteiger partial charge in [0.1, 0.15) is 0 Å². The Labute approximate surface area is 99.8 Å². The van der Waals surface area contributed by atoms with Gasteiger partial charge < -0.3 is 5.32 Å². The Kier molecular flexibility index (Phi) is 3.54. The number of aromatic nitrogens is 1. The second-order valence-corrected chi connectivity index (χ2v) is 5.64. The first-order valence-corrected chi connectivity index (χ1v) is 6.70. The Morgan fingerprint density at radius 3 is 3.00 bits per heavy atom. The highest BCUT2D eigenvalue weighted by atomic mass is 35.5. The molecule has 82 valence electrons. The summed E-state index contributed by atoms with van der Waals surface area (Å²) in [7, 11) is 0. The fourth-order valence-corrected chi connectivity index (χ4v) is 2.51. The quantitative estimate of drug-likeness (QED) is 0.860. The van der Waals surface area contributed by atoms with Crippen molar-refractivity contribution in [2.24, 2.45) is 0 Å². The van der Waals surface area contributed by atoms with E-state index in [2.05, 4.69) is 16.6 Å². The van der Waals surface area contributed by atoms with Crippen molar-refractivity contribution in [2.45, 2.75) is 24.1 Å². The van der Waals surface area contributed by atoms with Crippen LogP contribution in [0.2, 0.25) is 5.02 Å². The van der Waals surface area contributed by atoms with Crippen molar-refractivity contribution in [3.8, 4) is 0 Å². The van der Waals surface area contributed by atoms with Crippen molar-refractivity contribution < 1.29 is 0 Å². The van der Waals surface area contributed by atoms with Gasteiger partial charge in [-0.3, -0.25) is 4.98 Å². The molecular weight excluding hydrogens is 228 g/mol. The molecule has 0 unspecified atom stereocenters. The highest BCUT2D eigenvalue weighted by Gasteiger charge is 2.41. The number of nitrogens with one attached hydrogen (secondary N) is 1. The van der Waals surface area contributed by atoms with Gasteiger partial charge in [-0.05, 0) is 30.7 Å². The van der Waals surface area contributed by atoms with Crippen LogP contribution < -0.4 is 5.32 Å². The van der Waals surface area contributed by atoms with Gasteiger partial charge in [-0.15, -0.1) is 0 Å². The zero-order valence-corrected chi connectivity index (χ0v) is 10.4. The van der Waals surface area contributed by atoms with Gasteiger partial charge in [-0.1, -0.05) is 11.6 Å². The van der Waals surface area contributed by atoms with Gasteiger partial charge in [0.15, 0.2) is 0 Å². The predicted octanol–water partition coefficient (Wildman–Crippen LogP) is 2.72. The maximum atomic E-state index is 6.02. The van der Waals surface area contributed by atoms with E-state index in [1.54, 1.807) is 12.4 Å². The summed E-state index contributed by atoms with van der Waals surface area (Å²) in [6, 6.07) is 1.97. The Bertz CT molecular complexity index is 339. The van der Waals surface area contributed by atoms with Crippen LogP contribution in [0.25, 0.3) is 0 Å². The lowest BCUT2D eigenvalue weighted by atomic mass is 10.2. The summed E-state index contributed by atoms with van der Waals surface area (Å²) in [5, 5.41) is 4.21. The molecule has 1 aliphatic carbocycles. The molecule has 0 bridgehead atoms. The molecule has 2 nitrogen and oxygen atoms in total. The van der Waals surface area contributed by atoms with E-state index in [1.165, 1.54) is 12.8 Å². The molecule has 0 amide bonds. The van der Waals surface area contributed by atoms with E-state index in [9.17, 15) is 0 Å². The molecule has 1 N–H and O–H groups in total. The normalized spacial score (nSPS) is 17.7. The summed E-state index contributed by atoms with van der Waals surface area (Å²) >= 11 is 7.99. The summed E-state index contributed by atoms with van der Waals surface area (Å²) < 4.78 is 0.513. The summed E-state index contributed by atoms with van der Waals surface area (Å²) in [4.78, 5) is 3.97. The SMILES string of the molecule is CSC1(CNCc2ccncc2Cl)CC1. The van der Waals surface area contributed by atoms with E-state index in [0.29, 0.717) is 4.75 Å². The molecule has 0 aliphatic heterocycles. The van der Waals surface area contributed by atoms with Crippen LogP contribution in [-0.4, -0.2) is 22.5 Å². The fourth-order valence-electron chi connectivity index (χ4n) is 1.56. The van der Waals surface area contributed by atoms with Crippen LogP contribution >= 0.6 is 23.4 Å². The summed E-state index contributed by atoms with van der Waals surface area (Å²) in [5.74, 6) is 0. The van der Waals surface area contributed by atoms with E-state index in [0.717, 1.165) is 23.7 Å². The van der Waals surface area contributed by atoms with Crippen molar-refractivity contribution >= 4 is 23.4 Å². The van der Waals surface area contributed by atoms with Crippen LogP contribution in [0.4, 0.5) is 0 Å². The van der Waals surface area contributed by atoms with Crippen LogP contribution in [0.3, 0.4) is 0 Å². The molecule has 0 atom stereocenters. The lowest BCUT2D eigenvalue weighted by molar-refractivity contribution is 0.663. The molecule has 0 aromatic carbocycles. The minimum absolute atomic E-state index is 0.513. The first-order valence-electron chi connectivity index (χ1n) is 5.10. The van der Waals surface area contributed by atoms with Gasteiger partial charge >= 0.3 is 0 Å². The second-order valence-electron chi connectivity index (χ2n) is 3.96. The largest absolute Gasteiger partial charge is 0.311 e. The number of rotatable bonds is 5. The Hall–Kier alpha value is -0.250. The Morgan fingerprint density at radius 2 is 2.40 bits per heavy atom. The third kappa shape index (κ3) is 2.86. The third-order valence-corrected chi connectivity index (χ3v) is 4.62. The maximum absolute atomic E-state index is 6.02. The highest BCUT2D eigenvalue weighted by molar-refractivity contribution is 8.00. The maximum Gasteiger partial charge on any atom is 0.0634 e. The van der Waals surface area contributed by atoms with Crippen molar-refractivity contribution in [3.05, 3.63) is 29.0 Å². The number of nitrogens with zero attached hydrogens (tertiary/aromatic N) is 1. The van der Waals surface area contributed by atoms with Crippen LogP contribution in [0.15, 0.2) is 18.5 Å². The Morgan fingerprint density at radius 1 is 1.60 bits per heavy atom. The summed E-state index contributed by atoms with van der Waals surface area (Å²) in [6.07, 6.45) is 8.34. The fraction of sp³-hybridized carbons (Fsp3) is 0.545. The first kappa shape index (κ1) is 11.2. The zero-order valence-electron chi connectivity index (χ0n) is 8.79. The molecule has 1 aliphatic rings. The lowest BCUT2D eigenvalue weighted by Gasteiger charge is -2.13. The minimum atomic E-state index is 0.513. The van der Waals surface area contributed by atoms with Gasteiger partial charge in [0.25, 0.3) is 0 Å². The number of hydrogen-bond donors (Lipinski definition) is 1. The summed E-state index contributed by atoms with van der Waals surface area (Å²) in [5.41, 5.74) is 1.13. The molecule has 4 heteroatoms. The average molecular weight is 243 g/mol. The molecule has 1 aromatic heterocycles. The van der Waals surface area contributed by atoms with E-state index < -0.39 is 0 Å². The van der Waals surface area contributed by atoms with Crippen molar-refractivity contribution in [3.63, 3.8) is 0 Å². The smallest absolute Gasteiger partial charge is 0.0634 e. The van der Waals surface area contributed by atoms with Gasteiger partial charge in [0.2, 0.25) is 0 Å². The van der Waals surface area contributed by atoms with Crippen LogP contribution in [-0.2, 0) is 6.54 Å². The second kappa shape index (κ2) is 4.73. The number of thioether (sulfide) groups is 1. The number of halogens is 1. The third-order valence-electron chi connectivity index (χ3n) is 2.86. The van der Waals surface area contributed by atoms with Crippen LogP contribution in [0.5, 0.6) is 0 Å². The van der Waals surface area contributed by atoms with E-state index in [-0.39, 0.29) is 0 Å². The molecular formula is C11H15ClN2S. The van der Waals surface area contributed by atoms with E-state index in [4.69, 9.17) is 11.6 Å². The molecule has 2 rings (SSSR count). The molecule has 0 saturated heterocycles. The zero-order chi connectivity index (χ0) is 10.7. The lowest BCUT2D eigenvalue weighted by Crippen LogP contribution is -2.25. The molecule has 1 aromatic rings. The average Bonchev–Trinajstić information content (AvgIpc) is 3.02. The molecule has 15 heavy (non-hydrogen) atoms. The standard InChI is InChI=1S/C11H15ClN2S/c1-15-11(3-4-11)8-14-6-9-2-5-13-7-10(9)12/h2,5,7,14H,3-4,6,8H2,1H3. The molecule has 0 radical (unpaired) electrons. The van der Waals surface area contributed by atoms with Gasteiger partial charge in [-0.25, -0.2) is 0 Å². The number of pyridine rings is 1. The van der Waals surface area contributed by atoms with Crippen molar-refractivity contribution in [1.29, 1.82) is 0 Å². The van der Waals surface area contributed by atoms with Gasteiger partial charge in [0.05, 0.1) is 5.02 Å².